The number of hydrogen-bond donors (Lipinski definition) is 0. The first-order valence-corrected chi connectivity index (χ1v) is 9.60. The highest BCUT2D eigenvalue weighted by molar-refractivity contribution is 5.81. The molecule has 2 aromatic carbocycles. The van der Waals surface area contributed by atoms with Crippen LogP contribution in [-0.4, -0.2) is 47.3 Å². The van der Waals surface area contributed by atoms with Gasteiger partial charge in [0.1, 0.15) is 0 Å². The molecule has 2 amide bonds. The number of amides is 2. The molecule has 3 rings (SSSR count). The first kappa shape index (κ1) is 19.2. The Morgan fingerprint density at radius 1 is 0.889 bits per heavy atom. The maximum absolute atomic E-state index is 12.7. The maximum Gasteiger partial charge on any atom is 0.227 e. The number of aryl methyl sites for hydroxylation is 2. The summed E-state index contributed by atoms with van der Waals surface area (Å²) in [4.78, 5) is 29.2. The van der Waals surface area contributed by atoms with Crippen LogP contribution in [0.25, 0.3) is 0 Å². The van der Waals surface area contributed by atoms with Gasteiger partial charge in [-0.05, 0) is 31.9 Å². The Morgan fingerprint density at radius 2 is 1.44 bits per heavy atom. The lowest BCUT2D eigenvalue weighted by atomic mass is 10.1. The molecule has 1 aliphatic rings. The normalized spacial score (nSPS) is 17.1. The molecule has 27 heavy (non-hydrogen) atoms. The van der Waals surface area contributed by atoms with Crippen LogP contribution in [0.15, 0.2) is 48.5 Å². The van der Waals surface area contributed by atoms with E-state index in [-0.39, 0.29) is 17.9 Å². The van der Waals surface area contributed by atoms with Crippen LogP contribution in [0.1, 0.15) is 29.2 Å². The number of carbonyl (C=O) groups excluding carboxylic acids is 2. The van der Waals surface area contributed by atoms with Gasteiger partial charge >= 0.3 is 0 Å². The number of benzene rings is 2. The van der Waals surface area contributed by atoms with E-state index in [0.717, 1.165) is 11.1 Å². The van der Waals surface area contributed by atoms with Gasteiger partial charge in [0.25, 0.3) is 0 Å². The number of carbonyl (C=O) groups is 2. The SMILES string of the molecule is Cc1cccc(CC(=O)N2CCN(C(=O)Cc3cccc(C)c3)[C@@H](C)C2)c1. The monoisotopic (exact) mass is 364 g/mol. The van der Waals surface area contributed by atoms with Crippen LogP contribution >= 0.6 is 0 Å². The zero-order valence-corrected chi connectivity index (χ0v) is 16.4. The lowest BCUT2D eigenvalue weighted by Crippen LogP contribution is -2.56. The predicted molar refractivity (Wildman–Crippen MR) is 108 cm³/mol. The summed E-state index contributed by atoms with van der Waals surface area (Å²) < 4.78 is 0. The average Bonchev–Trinajstić information content (AvgIpc) is 2.61. The average molecular weight is 364 g/mol. The third-order valence-corrected chi connectivity index (χ3v) is 5.18. The zero-order valence-electron chi connectivity index (χ0n) is 16.4. The van der Waals surface area contributed by atoms with E-state index in [1.807, 2.05) is 67.0 Å². The van der Waals surface area contributed by atoms with Crippen molar-refractivity contribution >= 4 is 11.8 Å². The summed E-state index contributed by atoms with van der Waals surface area (Å²) in [6.07, 6.45) is 0.842. The molecular weight excluding hydrogens is 336 g/mol. The van der Waals surface area contributed by atoms with Crippen LogP contribution in [0.2, 0.25) is 0 Å². The third-order valence-electron chi connectivity index (χ3n) is 5.18. The summed E-state index contributed by atoms with van der Waals surface area (Å²) in [5.74, 6) is 0.275. The van der Waals surface area contributed by atoms with E-state index in [4.69, 9.17) is 0 Å². The van der Waals surface area contributed by atoms with Crippen LogP contribution in [0, 0.1) is 13.8 Å². The Labute approximate surface area is 161 Å². The smallest absolute Gasteiger partial charge is 0.227 e. The quantitative estimate of drug-likeness (QED) is 0.836. The van der Waals surface area contributed by atoms with E-state index in [1.165, 1.54) is 11.1 Å². The Balaban J connectivity index is 1.56. The third kappa shape index (κ3) is 4.97. The summed E-state index contributed by atoms with van der Waals surface area (Å²) in [5.41, 5.74) is 4.43. The molecule has 1 heterocycles. The maximum atomic E-state index is 12.7. The number of rotatable bonds is 4. The summed E-state index contributed by atoms with van der Waals surface area (Å²) in [6, 6.07) is 16.2. The molecule has 4 heteroatoms. The molecule has 1 atom stereocenters. The predicted octanol–water partition coefficient (Wildman–Crippen LogP) is 3.15. The van der Waals surface area contributed by atoms with Crippen LogP contribution in [0.5, 0.6) is 0 Å². The number of nitrogens with zero attached hydrogens (tertiary/aromatic N) is 2. The van der Waals surface area contributed by atoms with Crippen molar-refractivity contribution in [3.05, 3.63) is 70.8 Å². The van der Waals surface area contributed by atoms with Gasteiger partial charge in [-0.1, -0.05) is 59.7 Å². The van der Waals surface area contributed by atoms with E-state index < -0.39 is 0 Å². The van der Waals surface area contributed by atoms with Crippen LogP contribution in [0.4, 0.5) is 0 Å². The molecule has 4 nitrogen and oxygen atoms in total. The zero-order chi connectivity index (χ0) is 19.4. The van der Waals surface area contributed by atoms with Gasteiger partial charge in [0, 0.05) is 25.7 Å². The molecule has 1 saturated heterocycles. The second kappa shape index (κ2) is 8.38. The standard InChI is InChI=1S/C23H28N2O2/c1-17-6-4-8-20(12-17)14-22(26)24-10-11-25(19(3)16-24)23(27)15-21-9-5-7-18(2)13-21/h4-9,12-13,19H,10-11,14-16H2,1-3H3/t19-/m0/s1. The van der Waals surface area contributed by atoms with E-state index in [2.05, 4.69) is 12.1 Å². The second-order valence-electron chi connectivity index (χ2n) is 7.61. The Hall–Kier alpha value is -2.62. The summed E-state index contributed by atoms with van der Waals surface area (Å²) in [5, 5.41) is 0. The topological polar surface area (TPSA) is 40.6 Å². The first-order chi connectivity index (χ1) is 12.9. The molecule has 0 radical (unpaired) electrons. The largest absolute Gasteiger partial charge is 0.339 e. The second-order valence-corrected chi connectivity index (χ2v) is 7.61. The van der Waals surface area contributed by atoms with Crippen molar-refractivity contribution < 1.29 is 9.59 Å². The van der Waals surface area contributed by atoms with Crippen molar-refractivity contribution in [1.82, 2.24) is 9.80 Å². The van der Waals surface area contributed by atoms with E-state index in [9.17, 15) is 9.59 Å². The van der Waals surface area contributed by atoms with Crippen LogP contribution < -0.4 is 0 Å². The summed E-state index contributed by atoms with van der Waals surface area (Å²) >= 11 is 0. The fourth-order valence-electron chi connectivity index (χ4n) is 3.76. The van der Waals surface area contributed by atoms with Gasteiger partial charge < -0.3 is 9.80 Å². The highest BCUT2D eigenvalue weighted by Crippen LogP contribution is 2.15. The van der Waals surface area contributed by atoms with Gasteiger partial charge in [0.05, 0.1) is 12.8 Å². The molecule has 0 saturated carbocycles. The van der Waals surface area contributed by atoms with E-state index >= 15 is 0 Å². The van der Waals surface area contributed by atoms with Crippen LogP contribution in [0.3, 0.4) is 0 Å². The van der Waals surface area contributed by atoms with Crippen molar-refractivity contribution in [2.45, 2.75) is 39.7 Å². The lowest BCUT2D eigenvalue weighted by Gasteiger charge is -2.40. The van der Waals surface area contributed by atoms with Crippen molar-refractivity contribution in [2.24, 2.45) is 0 Å². The van der Waals surface area contributed by atoms with Gasteiger partial charge in [-0.2, -0.15) is 0 Å². The number of hydrogen-bond acceptors (Lipinski definition) is 2. The minimum Gasteiger partial charge on any atom is -0.339 e. The molecule has 1 aliphatic heterocycles. The molecule has 0 unspecified atom stereocenters. The minimum atomic E-state index is 0.0394. The van der Waals surface area contributed by atoms with Crippen molar-refractivity contribution in [2.75, 3.05) is 19.6 Å². The molecule has 0 N–H and O–H groups in total. The van der Waals surface area contributed by atoms with Crippen LogP contribution in [-0.2, 0) is 22.4 Å². The molecule has 0 aromatic heterocycles. The Bertz CT molecular complexity index is 831. The summed E-state index contributed by atoms with van der Waals surface area (Å²) in [6.45, 7) is 7.91. The van der Waals surface area contributed by atoms with Gasteiger partial charge in [-0.15, -0.1) is 0 Å². The summed E-state index contributed by atoms with van der Waals surface area (Å²) in [7, 11) is 0. The molecule has 2 aromatic rings. The van der Waals surface area contributed by atoms with E-state index in [1.54, 1.807) is 0 Å². The minimum absolute atomic E-state index is 0.0394. The highest BCUT2D eigenvalue weighted by atomic mass is 16.2. The lowest BCUT2D eigenvalue weighted by molar-refractivity contribution is -0.141. The van der Waals surface area contributed by atoms with Gasteiger partial charge in [-0.25, -0.2) is 0 Å². The fraction of sp³-hybridized carbons (Fsp3) is 0.391. The molecule has 0 aliphatic carbocycles. The van der Waals surface area contributed by atoms with Gasteiger partial charge in [0.15, 0.2) is 0 Å². The van der Waals surface area contributed by atoms with Crippen molar-refractivity contribution in [3.8, 4) is 0 Å². The number of piperazine rings is 1. The molecule has 1 fully saturated rings. The molecule has 0 spiro atoms. The van der Waals surface area contributed by atoms with Gasteiger partial charge in [-0.3, -0.25) is 9.59 Å². The fourth-order valence-corrected chi connectivity index (χ4v) is 3.76. The first-order valence-electron chi connectivity index (χ1n) is 9.60. The highest BCUT2D eigenvalue weighted by Gasteiger charge is 2.29. The molecular formula is C23H28N2O2. The molecule has 0 bridgehead atoms. The van der Waals surface area contributed by atoms with Crippen molar-refractivity contribution in [1.29, 1.82) is 0 Å². The van der Waals surface area contributed by atoms with Crippen molar-refractivity contribution in [3.63, 3.8) is 0 Å². The Kier molecular flexibility index (Phi) is 5.94. The van der Waals surface area contributed by atoms with E-state index in [0.29, 0.717) is 32.5 Å². The van der Waals surface area contributed by atoms with Gasteiger partial charge in [0.2, 0.25) is 11.8 Å². The Morgan fingerprint density at radius 3 is 1.96 bits per heavy atom. The molecule has 142 valence electrons.